The third kappa shape index (κ3) is 5.97. The van der Waals surface area contributed by atoms with Crippen LogP contribution < -0.4 is 4.74 Å². The van der Waals surface area contributed by atoms with Crippen LogP contribution in [0.5, 0.6) is 5.75 Å². The van der Waals surface area contributed by atoms with E-state index in [2.05, 4.69) is 0 Å². The van der Waals surface area contributed by atoms with E-state index in [-0.39, 0.29) is 17.5 Å². The van der Waals surface area contributed by atoms with E-state index in [0.717, 1.165) is 5.56 Å². The van der Waals surface area contributed by atoms with Gasteiger partial charge in [0.15, 0.2) is 16.4 Å². The maximum Gasteiger partial charge on any atom is 0.339 e. The van der Waals surface area contributed by atoms with Crippen LogP contribution in [0.2, 0.25) is 0 Å². The summed E-state index contributed by atoms with van der Waals surface area (Å²) in [6, 6.07) is 15.9. The number of ether oxygens (including phenoxy) is 2. The lowest BCUT2D eigenvalue weighted by molar-refractivity contribution is -0.148. The Morgan fingerprint density at radius 1 is 1.12 bits per heavy atom. The van der Waals surface area contributed by atoms with Gasteiger partial charge in [0, 0.05) is 12.6 Å². The van der Waals surface area contributed by atoms with Gasteiger partial charge in [-0.15, -0.1) is 0 Å². The van der Waals surface area contributed by atoms with Gasteiger partial charge in [-0.3, -0.25) is 4.79 Å². The number of hydrogen-bond donors (Lipinski definition) is 0. The maximum atomic E-state index is 13.0. The highest BCUT2D eigenvalue weighted by Gasteiger charge is 2.34. The average molecular weight is 458 g/mol. The van der Waals surface area contributed by atoms with Crippen molar-refractivity contribution < 1.29 is 27.5 Å². The molecule has 3 rings (SSSR count). The summed E-state index contributed by atoms with van der Waals surface area (Å²) in [6.07, 6.45) is 2.09. The molecule has 7 nitrogen and oxygen atoms in total. The number of amides is 1. The van der Waals surface area contributed by atoms with Crippen molar-refractivity contribution in [3.05, 3.63) is 65.7 Å². The lowest BCUT2D eigenvalue weighted by Crippen LogP contribution is -2.43. The lowest BCUT2D eigenvalue weighted by atomic mass is 10.0. The zero-order valence-electron chi connectivity index (χ0n) is 18.2. The Kier molecular flexibility index (Phi) is 7.69. The van der Waals surface area contributed by atoms with Gasteiger partial charge in [0.25, 0.3) is 5.91 Å². The predicted octanol–water partition coefficient (Wildman–Crippen LogP) is 2.81. The van der Waals surface area contributed by atoms with Crippen LogP contribution in [0.3, 0.4) is 0 Å². The first kappa shape index (κ1) is 23.5. The molecule has 1 heterocycles. The number of hydrogen-bond acceptors (Lipinski definition) is 6. The van der Waals surface area contributed by atoms with Gasteiger partial charge < -0.3 is 14.4 Å². The van der Waals surface area contributed by atoms with E-state index < -0.39 is 28.3 Å². The summed E-state index contributed by atoms with van der Waals surface area (Å²) in [6.45, 7) is 1.68. The number of rotatable bonds is 8. The van der Waals surface area contributed by atoms with Gasteiger partial charge in [0.2, 0.25) is 0 Å². The third-order valence-electron chi connectivity index (χ3n) is 5.35. The quantitative estimate of drug-likeness (QED) is 0.344. The molecule has 0 radical (unpaired) electrons. The molecule has 1 saturated heterocycles. The monoisotopic (exact) mass is 457 g/mol. The highest BCUT2D eigenvalue weighted by molar-refractivity contribution is 7.91. The van der Waals surface area contributed by atoms with Crippen molar-refractivity contribution in [2.75, 3.05) is 31.8 Å². The van der Waals surface area contributed by atoms with Crippen molar-refractivity contribution >= 4 is 33.4 Å². The second-order valence-electron chi connectivity index (χ2n) is 7.51. The zero-order chi connectivity index (χ0) is 23.1. The molecule has 0 unspecified atom stereocenters. The molecule has 2 aromatic rings. The van der Waals surface area contributed by atoms with Crippen molar-refractivity contribution in [3.8, 4) is 5.75 Å². The molecule has 1 atom stereocenters. The predicted molar refractivity (Wildman–Crippen MR) is 123 cm³/mol. The molecule has 0 spiro atoms. The first-order valence-electron chi connectivity index (χ1n) is 10.4. The van der Waals surface area contributed by atoms with Gasteiger partial charge in [0.1, 0.15) is 5.75 Å². The van der Waals surface area contributed by atoms with Crippen LogP contribution in [-0.2, 0) is 24.2 Å². The largest absolute Gasteiger partial charge is 0.497 e. The molecule has 0 aliphatic carbocycles. The van der Waals surface area contributed by atoms with Crippen LogP contribution in [-0.4, -0.2) is 63.0 Å². The van der Waals surface area contributed by atoms with Crippen LogP contribution >= 0.6 is 0 Å². The molecule has 170 valence electrons. The Labute approximate surface area is 188 Å². The highest BCUT2D eigenvalue weighted by Crippen LogP contribution is 2.23. The third-order valence-corrected chi connectivity index (χ3v) is 7.10. The van der Waals surface area contributed by atoms with Crippen LogP contribution in [0, 0.1) is 0 Å². The van der Waals surface area contributed by atoms with Gasteiger partial charge in [-0.05, 0) is 42.7 Å². The Hall–Kier alpha value is -3.13. The van der Waals surface area contributed by atoms with Crippen molar-refractivity contribution in [2.24, 2.45) is 0 Å². The smallest absolute Gasteiger partial charge is 0.339 e. The van der Waals surface area contributed by atoms with E-state index in [0.29, 0.717) is 29.9 Å². The molecule has 0 saturated carbocycles. The molecule has 0 N–H and O–H groups in total. The number of esters is 1. The van der Waals surface area contributed by atoms with Crippen molar-refractivity contribution in [1.29, 1.82) is 0 Å². The van der Waals surface area contributed by atoms with Gasteiger partial charge in [-0.2, -0.15) is 0 Å². The summed E-state index contributed by atoms with van der Waals surface area (Å²) in [4.78, 5) is 27.1. The maximum absolute atomic E-state index is 13.0. The van der Waals surface area contributed by atoms with Crippen LogP contribution in [0.1, 0.15) is 24.5 Å². The average Bonchev–Trinajstić information content (AvgIpc) is 3.16. The van der Waals surface area contributed by atoms with Crippen molar-refractivity contribution in [2.45, 2.75) is 19.4 Å². The van der Waals surface area contributed by atoms with Crippen LogP contribution in [0.15, 0.2) is 54.6 Å². The Balaban J connectivity index is 1.77. The normalized spacial score (nSPS) is 17.6. The molecule has 1 fully saturated rings. The second kappa shape index (κ2) is 10.5. The minimum absolute atomic E-state index is 0.0501. The molecule has 8 heteroatoms. The number of methoxy groups -OCH3 is 1. The number of nitrogens with zero attached hydrogens (tertiary/aromatic N) is 1. The fourth-order valence-electron chi connectivity index (χ4n) is 3.72. The molecule has 1 aliphatic heterocycles. The number of carbonyl (C=O) groups is 2. The topological polar surface area (TPSA) is 90.0 Å². The number of benzene rings is 2. The van der Waals surface area contributed by atoms with E-state index in [1.807, 2.05) is 30.3 Å². The molecule has 32 heavy (non-hydrogen) atoms. The molecular formula is C24H27NO6S. The van der Waals surface area contributed by atoms with E-state index in [1.54, 1.807) is 44.4 Å². The van der Waals surface area contributed by atoms with E-state index in [1.165, 1.54) is 4.90 Å². The van der Waals surface area contributed by atoms with Gasteiger partial charge in [-0.1, -0.05) is 42.5 Å². The van der Waals surface area contributed by atoms with Crippen molar-refractivity contribution in [1.82, 2.24) is 4.90 Å². The number of sulfone groups is 1. The van der Waals surface area contributed by atoms with Gasteiger partial charge >= 0.3 is 5.97 Å². The van der Waals surface area contributed by atoms with Crippen LogP contribution in [0.25, 0.3) is 11.6 Å². The fourth-order valence-corrected chi connectivity index (χ4v) is 5.45. The summed E-state index contributed by atoms with van der Waals surface area (Å²) in [5.41, 5.74) is 1.71. The molecule has 1 aliphatic rings. The number of likely N-dealkylation sites (N-methyl/N-ethyl adjacent to an activating group) is 1. The zero-order valence-corrected chi connectivity index (χ0v) is 19.0. The molecular weight excluding hydrogens is 430 g/mol. The molecule has 1 amide bonds. The summed E-state index contributed by atoms with van der Waals surface area (Å²) in [5, 5.41) is 0. The van der Waals surface area contributed by atoms with Gasteiger partial charge in [0.05, 0.1) is 24.2 Å². The standard InChI is InChI=1S/C24H27NO6S/c1-3-25(20-12-13-32(28,29)17-20)23(26)16-31-24(27)22(19-9-5-4-6-10-19)15-18-8-7-11-21(14-18)30-2/h4-11,14-15,20H,3,12-13,16-17H2,1-2H3/b22-15-/t20-/m1/s1. The first-order chi connectivity index (χ1) is 15.3. The van der Waals surface area contributed by atoms with Crippen LogP contribution in [0.4, 0.5) is 0 Å². The Bertz CT molecular complexity index is 1090. The van der Waals surface area contributed by atoms with E-state index in [9.17, 15) is 18.0 Å². The minimum atomic E-state index is -3.13. The Morgan fingerprint density at radius 2 is 1.88 bits per heavy atom. The molecule has 2 aromatic carbocycles. The molecule has 0 aromatic heterocycles. The van der Waals surface area contributed by atoms with E-state index >= 15 is 0 Å². The minimum Gasteiger partial charge on any atom is -0.497 e. The summed E-state index contributed by atoms with van der Waals surface area (Å²) < 4.78 is 34.2. The fraction of sp³-hybridized carbons (Fsp3) is 0.333. The summed E-state index contributed by atoms with van der Waals surface area (Å²) in [5.74, 6) is -0.368. The SMILES string of the molecule is CCN(C(=O)COC(=O)/C(=C\c1cccc(OC)c1)c1ccccc1)[C@@H]1CCS(=O)(=O)C1. The number of carbonyl (C=O) groups excluding carboxylic acids is 2. The summed E-state index contributed by atoms with van der Waals surface area (Å²) in [7, 11) is -1.56. The van der Waals surface area contributed by atoms with Gasteiger partial charge in [-0.25, -0.2) is 13.2 Å². The molecule has 0 bridgehead atoms. The summed E-state index contributed by atoms with van der Waals surface area (Å²) >= 11 is 0. The first-order valence-corrected chi connectivity index (χ1v) is 12.2. The highest BCUT2D eigenvalue weighted by atomic mass is 32.2. The lowest BCUT2D eigenvalue weighted by Gasteiger charge is -2.26. The Morgan fingerprint density at radius 3 is 2.50 bits per heavy atom. The van der Waals surface area contributed by atoms with Crippen molar-refractivity contribution in [3.63, 3.8) is 0 Å². The van der Waals surface area contributed by atoms with E-state index in [4.69, 9.17) is 9.47 Å². The second-order valence-corrected chi connectivity index (χ2v) is 9.74.